The Morgan fingerprint density at radius 3 is 2.37 bits per heavy atom. The predicted molar refractivity (Wildman–Crippen MR) is 92.4 cm³/mol. The molecule has 4 nitrogen and oxygen atoms in total. The Hall–Kier alpha value is -3.35. The Bertz CT molecular complexity index is 939. The quantitative estimate of drug-likeness (QED) is 0.680. The van der Waals surface area contributed by atoms with E-state index < -0.39 is 17.7 Å². The van der Waals surface area contributed by atoms with Crippen molar-refractivity contribution in [2.75, 3.05) is 0 Å². The zero-order chi connectivity index (χ0) is 19.4. The van der Waals surface area contributed by atoms with Crippen LogP contribution in [0.2, 0.25) is 0 Å². The third-order valence-electron chi connectivity index (χ3n) is 3.85. The highest BCUT2D eigenvalue weighted by atomic mass is 19.4. The third kappa shape index (κ3) is 4.44. The molecule has 1 N–H and O–H groups in total. The monoisotopic (exact) mass is 373 g/mol. The summed E-state index contributed by atoms with van der Waals surface area (Å²) in [6, 6.07) is 14.9. The molecule has 1 heterocycles. The van der Waals surface area contributed by atoms with Gasteiger partial charge in [0.05, 0.1) is 11.1 Å². The number of halogens is 3. The van der Waals surface area contributed by atoms with E-state index in [9.17, 15) is 23.1 Å². The molecule has 0 saturated heterocycles. The summed E-state index contributed by atoms with van der Waals surface area (Å²) in [6.45, 7) is 0.289. The summed E-state index contributed by atoms with van der Waals surface area (Å²) in [5.41, 5.74) is -0.0194. The van der Waals surface area contributed by atoms with Crippen molar-refractivity contribution in [3.63, 3.8) is 0 Å². The van der Waals surface area contributed by atoms with Gasteiger partial charge in [-0.05, 0) is 35.4 Å². The van der Waals surface area contributed by atoms with Crippen LogP contribution in [0.1, 0.15) is 21.5 Å². The normalized spacial score (nSPS) is 11.2. The Balaban J connectivity index is 1.86. The number of carboxylic acids is 1. The summed E-state index contributed by atoms with van der Waals surface area (Å²) in [5.74, 6) is -1.03. The van der Waals surface area contributed by atoms with Gasteiger partial charge in [-0.1, -0.05) is 30.3 Å². The first-order valence-corrected chi connectivity index (χ1v) is 7.92. The van der Waals surface area contributed by atoms with Gasteiger partial charge in [0.15, 0.2) is 0 Å². The average Bonchev–Trinajstić information content (AvgIpc) is 2.66. The van der Waals surface area contributed by atoms with Crippen LogP contribution in [0.4, 0.5) is 13.2 Å². The lowest BCUT2D eigenvalue weighted by Gasteiger charge is -2.12. The standard InChI is InChI=1S/C20H14F3NO3/c21-20(22,23)15-7-8-16(19(25)26)17(10-15)14-6-9-18(24-11-14)27-12-13-4-2-1-3-5-13/h1-11H,12H2,(H,25,26). The SMILES string of the molecule is O=C(O)c1ccc(C(F)(F)F)cc1-c1ccc(OCc2ccccc2)nc1. The van der Waals surface area contributed by atoms with Gasteiger partial charge in [-0.2, -0.15) is 13.2 Å². The van der Waals surface area contributed by atoms with E-state index in [1.165, 1.54) is 18.3 Å². The first-order valence-electron chi connectivity index (χ1n) is 7.92. The summed E-state index contributed by atoms with van der Waals surface area (Å²) in [7, 11) is 0. The number of carboxylic acid groups (broad SMARTS) is 1. The number of hydrogen-bond acceptors (Lipinski definition) is 3. The van der Waals surface area contributed by atoms with E-state index in [0.717, 1.165) is 23.8 Å². The van der Waals surface area contributed by atoms with Gasteiger partial charge in [0.1, 0.15) is 6.61 Å². The van der Waals surface area contributed by atoms with Gasteiger partial charge >= 0.3 is 12.1 Å². The minimum atomic E-state index is -4.57. The fourth-order valence-electron chi connectivity index (χ4n) is 2.50. The molecule has 0 radical (unpaired) electrons. The number of alkyl halides is 3. The van der Waals surface area contributed by atoms with Crippen molar-refractivity contribution in [3.8, 4) is 17.0 Å². The van der Waals surface area contributed by atoms with Gasteiger partial charge in [-0.25, -0.2) is 9.78 Å². The number of aromatic nitrogens is 1. The number of hydrogen-bond donors (Lipinski definition) is 1. The van der Waals surface area contributed by atoms with E-state index in [1.54, 1.807) is 0 Å². The van der Waals surface area contributed by atoms with Crippen molar-refractivity contribution < 1.29 is 27.8 Å². The second kappa shape index (κ2) is 7.49. The maximum absolute atomic E-state index is 13.0. The Morgan fingerprint density at radius 2 is 1.78 bits per heavy atom. The molecule has 1 aromatic heterocycles. The van der Waals surface area contributed by atoms with Crippen LogP contribution in [0.5, 0.6) is 5.88 Å². The topological polar surface area (TPSA) is 59.4 Å². The van der Waals surface area contributed by atoms with Crippen molar-refractivity contribution in [3.05, 3.63) is 83.6 Å². The van der Waals surface area contributed by atoms with Gasteiger partial charge in [-0.3, -0.25) is 0 Å². The highest BCUT2D eigenvalue weighted by Crippen LogP contribution is 2.34. The molecule has 3 aromatic rings. The van der Waals surface area contributed by atoms with Crippen LogP contribution in [0.3, 0.4) is 0 Å². The molecular formula is C20H14F3NO3. The summed E-state index contributed by atoms with van der Waals surface area (Å²) < 4.78 is 44.4. The highest BCUT2D eigenvalue weighted by molar-refractivity contribution is 5.96. The Labute approximate surface area is 152 Å². The van der Waals surface area contributed by atoms with Gasteiger partial charge in [-0.15, -0.1) is 0 Å². The largest absolute Gasteiger partial charge is 0.478 e. The van der Waals surface area contributed by atoms with Gasteiger partial charge in [0.2, 0.25) is 5.88 Å². The lowest BCUT2D eigenvalue weighted by molar-refractivity contribution is -0.137. The average molecular weight is 373 g/mol. The molecule has 7 heteroatoms. The van der Waals surface area contributed by atoms with Crippen molar-refractivity contribution in [2.45, 2.75) is 12.8 Å². The van der Waals surface area contributed by atoms with Crippen molar-refractivity contribution >= 4 is 5.97 Å². The van der Waals surface area contributed by atoms with Crippen LogP contribution in [-0.4, -0.2) is 16.1 Å². The van der Waals surface area contributed by atoms with E-state index in [0.29, 0.717) is 0 Å². The lowest BCUT2D eigenvalue weighted by atomic mass is 9.98. The molecule has 0 spiro atoms. The van der Waals surface area contributed by atoms with Gasteiger partial charge < -0.3 is 9.84 Å². The number of ether oxygens (including phenoxy) is 1. The van der Waals surface area contributed by atoms with E-state index in [4.69, 9.17) is 4.74 Å². The predicted octanol–water partition coefficient (Wildman–Crippen LogP) is 5.04. The van der Waals surface area contributed by atoms with Crippen molar-refractivity contribution in [2.24, 2.45) is 0 Å². The molecule has 3 rings (SSSR count). The molecule has 0 fully saturated rings. The number of benzene rings is 2. The zero-order valence-corrected chi connectivity index (χ0v) is 13.9. The number of pyridine rings is 1. The lowest BCUT2D eigenvalue weighted by Crippen LogP contribution is -2.08. The number of aromatic carboxylic acids is 1. The molecule has 0 bridgehead atoms. The van der Waals surface area contributed by atoms with E-state index >= 15 is 0 Å². The number of rotatable bonds is 5. The third-order valence-corrected chi connectivity index (χ3v) is 3.85. The summed E-state index contributed by atoms with van der Waals surface area (Å²) >= 11 is 0. The second-order valence-electron chi connectivity index (χ2n) is 5.72. The van der Waals surface area contributed by atoms with Crippen molar-refractivity contribution in [1.29, 1.82) is 0 Å². The molecular weight excluding hydrogens is 359 g/mol. The van der Waals surface area contributed by atoms with Crippen LogP contribution in [0.15, 0.2) is 66.9 Å². The fourth-order valence-corrected chi connectivity index (χ4v) is 2.50. The minimum Gasteiger partial charge on any atom is -0.478 e. The van der Waals surface area contributed by atoms with E-state index in [1.807, 2.05) is 30.3 Å². The first kappa shape index (κ1) is 18.4. The molecule has 138 valence electrons. The van der Waals surface area contributed by atoms with Crippen LogP contribution in [-0.2, 0) is 12.8 Å². The smallest absolute Gasteiger partial charge is 0.416 e. The maximum atomic E-state index is 13.0. The Kier molecular flexibility index (Phi) is 5.12. The van der Waals surface area contributed by atoms with Crippen LogP contribution in [0.25, 0.3) is 11.1 Å². The summed E-state index contributed by atoms with van der Waals surface area (Å²) in [5, 5.41) is 9.26. The molecule has 0 atom stereocenters. The molecule has 0 aliphatic heterocycles. The molecule has 0 aliphatic carbocycles. The molecule has 0 unspecified atom stereocenters. The summed E-state index contributed by atoms with van der Waals surface area (Å²) in [4.78, 5) is 15.4. The van der Waals surface area contributed by atoms with Crippen LogP contribution in [0, 0.1) is 0 Å². The molecule has 0 aliphatic rings. The van der Waals surface area contributed by atoms with Crippen LogP contribution >= 0.6 is 0 Å². The van der Waals surface area contributed by atoms with Crippen LogP contribution < -0.4 is 4.74 Å². The Morgan fingerprint density at radius 1 is 1.04 bits per heavy atom. The van der Waals surface area contributed by atoms with Gasteiger partial charge in [0.25, 0.3) is 0 Å². The molecule has 0 amide bonds. The zero-order valence-electron chi connectivity index (χ0n) is 13.9. The first-order chi connectivity index (χ1) is 12.8. The molecule has 0 saturated carbocycles. The molecule has 27 heavy (non-hydrogen) atoms. The highest BCUT2D eigenvalue weighted by Gasteiger charge is 2.31. The van der Waals surface area contributed by atoms with Gasteiger partial charge in [0, 0.05) is 17.8 Å². The molecule has 2 aromatic carbocycles. The second-order valence-corrected chi connectivity index (χ2v) is 5.72. The van der Waals surface area contributed by atoms with E-state index in [-0.39, 0.29) is 29.2 Å². The summed E-state index contributed by atoms with van der Waals surface area (Å²) in [6.07, 6.45) is -3.28. The number of carbonyl (C=O) groups is 1. The van der Waals surface area contributed by atoms with E-state index in [2.05, 4.69) is 4.98 Å². The number of nitrogens with zero attached hydrogens (tertiary/aromatic N) is 1. The minimum absolute atomic E-state index is 0.0561. The maximum Gasteiger partial charge on any atom is 0.416 e. The van der Waals surface area contributed by atoms with Crippen molar-refractivity contribution in [1.82, 2.24) is 4.98 Å². The fraction of sp³-hybridized carbons (Fsp3) is 0.100.